The normalized spacial score (nSPS) is 21.1. The molecule has 20 heavy (non-hydrogen) atoms. The van der Waals surface area contributed by atoms with Crippen LogP contribution in [0.15, 0.2) is 16.6 Å². The average Bonchev–Trinajstić information content (AvgIpc) is 2.68. The van der Waals surface area contributed by atoms with Crippen LogP contribution >= 0.6 is 15.9 Å². The summed E-state index contributed by atoms with van der Waals surface area (Å²) in [7, 11) is 0. The molecule has 4 heteroatoms. The van der Waals surface area contributed by atoms with Gasteiger partial charge in [-0.1, -0.05) is 15.9 Å². The first-order chi connectivity index (χ1) is 9.41. The van der Waals surface area contributed by atoms with Gasteiger partial charge >= 0.3 is 0 Å². The molecule has 1 atom stereocenters. The highest BCUT2D eigenvalue weighted by molar-refractivity contribution is 9.10. The molecule has 1 fully saturated rings. The first kappa shape index (κ1) is 15.8. The van der Waals surface area contributed by atoms with Gasteiger partial charge in [0.15, 0.2) is 0 Å². The number of hydrogen-bond donors (Lipinski definition) is 1. The van der Waals surface area contributed by atoms with Gasteiger partial charge in [-0.15, -0.1) is 0 Å². The first-order valence-electron chi connectivity index (χ1n) is 7.21. The average molecular weight is 342 g/mol. The van der Waals surface area contributed by atoms with E-state index in [1.807, 2.05) is 0 Å². The summed E-state index contributed by atoms with van der Waals surface area (Å²) in [6, 6.07) is 4.17. The molecule has 0 spiro atoms. The predicted octanol–water partition coefficient (Wildman–Crippen LogP) is 3.60. The number of halogens is 1. The van der Waals surface area contributed by atoms with Gasteiger partial charge in [0.1, 0.15) is 12.4 Å². The third-order valence-electron chi connectivity index (χ3n) is 3.70. The standard InChI is InChI=1S/C16H24BrNO2/c1-11-8-13(17)9-12(5-7-18)15(11)19-10-14-4-6-16(2,3)20-14/h8-9,14H,4-7,10,18H2,1-3H3. The van der Waals surface area contributed by atoms with Crippen LogP contribution in [-0.2, 0) is 11.2 Å². The van der Waals surface area contributed by atoms with Crippen LogP contribution in [0.5, 0.6) is 5.75 Å². The largest absolute Gasteiger partial charge is 0.490 e. The van der Waals surface area contributed by atoms with Crippen molar-refractivity contribution in [1.29, 1.82) is 0 Å². The molecule has 1 aliphatic rings. The Balaban J connectivity index is 2.05. The van der Waals surface area contributed by atoms with Crippen LogP contribution < -0.4 is 10.5 Å². The molecule has 0 aromatic heterocycles. The van der Waals surface area contributed by atoms with E-state index in [-0.39, 0.29) is 11.7 Å². The fraction of sp³-hybridized carbons (Fsp3) is 0.625. The Morgan fingerprint density at radius 2 is 2.20 bits per heavy atom. The lowest BCUT2D eigenvalue weighted by molar-refractivity contribution is -0.0328. The predicted molar refractivity (Wildman–Crippen MR) is 85.3 cm³/mol. The Morgan fingerprint density at radius 1 is 1.45 bits per heavy atom. The smallest absolute Gasteiger partial charge is 0.125 e. The summed E-state index contributed by atoms with van der Waals surface area (Å²) < 4.78 is 13.1. The van der Waals surface area contributed by atoms with Crippen molar-refractivity contribution in [2.75, 3.05) is 13.2 Å². The van der Waals surface area contributed by atoms with Gasteiger partial charge in [-0.05, 0) is 69.8 Å². The van der Waals surface area contributed by atoms with E-state index in [4.69, 9.17) is 15.2 Å². The van der Waals surface area contributed by atoms with Crippen LogP contribution in [0, 0.1) is 6.92 Å². The van der Waals surface area contributed by atoms with Gasteiger partial charge in [0, 0.05) is 4.47 Å². The van der Waals surface area contributed by atoms with E-state index in [0.717, 1.165) is 40.6 Å². The zero-order valence-electron chi connectivity index (χ0n) is 12.5. The van der Waals surface area contributed by atoms with E-state index in [1.54, 1.807) is 0 Å². The second kappa shape index (κ2) is 6.46. The number of hydrogen-bond acceptors (Lipinski definition) is 3. The first-order valence-corrected chi connectivity index (χ1v) is 8.00. The minimum atomic E-state index is -0.0110. The van der Waals surface area contributed by atoms with E-state index in [1.165, 1.54) is 0 Å². The number of nitrogens with two attached hydrogens (primary N) is 1. The summed E-state index contributed by atoms with van der Waals surface area (Å²) >= 11 is 3.53. The van der Waals surface area contributed by atoms with E-state index >= 15 is 0 Å². The molecule has 1 heterocycles. The summed E-state index contributed by atoms with van der Waals surface area (Å²) in [5.74, 6) is 0.965. The monoisotopic (exact) mass is 341 g/mol. The molecule has 112 valence electrons. The molecular formula is C16H24BrNO2. The minimum absolute atomic E-state index is 0.0110. The summed E-state index contributed by atoms with van der Waals surface area (Å²) in [4.78, 5) is 0. The highest BCUT2D eigenvalue weighted by atomic mass is 79.9. The van der Waals surface area contributed by atoms with Gasteiger partial charge in [0.2, 0.25) is 0 Å². The molecule has 1 saturated heterocycles. The van der Waals surface area contributed by atoms with Crippen molar-refractivity contribution in [1.82, 2.24) is 0 Å². The van der Waals surface area contributed by atoms with Gasteiger partial charge in [0.25, 0.3) is 0 Å². The van der Waals surface area contributed by atoms with Crippen LogP contribution in [-0.4, -0.2) is 24.9 Å². The quantitative estimate of drug-likeness (QED) is 0.889. The number of aryl methyl sites for hydroxylation is 1. The molecule has 1 aromatic carbocycles. The number of benzene rings is 1. The molecular weight excluding hydrogens is 318 g/mol. The van der Waals surface area contributed by atoms with Crippen LogP contribution in [0.1, 0.15) is 37.8 Å². The third-order valence-corrected chi connectivity index (χ3v) is 4.16. The molecule has 2 rings (SSSR count). The topological polar surface area (TPSA) is 44.5 Å². The molecule has 0 saturated carbocycles. The van der Waals surface area contributed by atoms with Crippen molar-refractivity contribution >= 4 is 15.9 Å². The molecule has 0 amide bonds. The molecule has 0 radical (unpaired) electrons. The molecule has 1 aliphatic heterocycles. The van der Waals surface area contributed by atoms with Crippen LogP contribution in [0.4, 0.5) is 0 Å². The fourth-order valence-electron chi connectivity index (χ4n) is 2.72. The fourth-order valence-corrected chi connectivity index (χ4v) is 3.34. The van der Waals surface area contributed by atoms with E-state index in [2.05, 4.69) is 48.8 Å². The highest BCUT2D eigenvalue weighted by Gasteiger charge is 2.32. The van der Waals surface area contributed by atoms with Gasteiger partial charge < -0.3 is 15.2 Å². The third kappa shape index (κ3) is 3.96. The number of rotatable bonds is 5. The molecule has 0 bridgehead atoms. The van der Waals surface area contributed by atoms with Crippen molar-refractivity contribution in [3.8, 4) is 5.75 Å². The van der Waals surface area contributed by atoms with Crippen LogP contribution in [0.25, 0.3) is 0 Å². The lowest BCUT2D eigenvalue weighted by Crippen LogP contribution is -2.24. The molecule has 1 aromatic rings. The van der Waals surface area contributed by atoms with E-state index in [0.29, 0.717) is 13.2 Å². The van der Waals surface area contributed by atoms with Gasteiger partial charge in [-0.2, -0.15) is 0 Å². The number of ether oxygens (including phenoxy) is 2. The van der Waals surface area contributed by atoms with Crippen molar-refractivity contribution in [3.63, 3.8) is 0 Å². The van der Waals surface area contributed by atoms with Crippen molar-refractivity contribution < 1.29 is 9.47 Å². The van der Waals surface area contributed by atoms with E-state index in [9.17, 15) is 0 Å². The second-order valence-electron chi connectivity index (χ2n) is 6.10. The summed E-state index contributed by atoms with van der Waals surface area (Å²) in [6.45, 7) is 7.58. The maximum Gasteiger partial charge on any atom is 0.125 e. The maximum atomic E-state index is 6.05. The summed E-state index contributed by atoms with van der Waals surface area (Å²) in [5, 5.41) is 0. The van der Waals surface area contributed by atoms with Crippen molar-refractivity contribution in [2.45, 2.75) is 51.7 Å². The highest BCUT2D eigenvalue weighted by Crippen LogP contribution is 2.32. The maximum absolute atomic E-state index is 6.05. The SMILES string of the molecule is Cc1cc(Br)cc(CCN)c1OCC1CCC(C)(C)O1. The Hall–Kier alpha value is -0.580. The van der Waals surface area contributed by atoms with Gasteiger partial charge in [-0.25, -0.2) is 0 Å². The molecule has 1 unspecified atom stereocenters. The van der Waals surface area contributed by atoms with Gasteiger partial charge in [0.05, 0.1) is 11.7 Å². The van der Waals surface area contributed by atoms with E-state index < -0.39 is 0 Å². The second-order valence-corrected chi connectivity index (χ2v) is 7.01. The van der Waals surface area contributed by atoms with Crippen molar-refractivity contribution in [3.05, 3.63) is 27.7 Å². The summed E-state index contributed by atoms with van der Waals surface area (Å²) in [6.07, 6.45) is 3.18. The van der Waals surface area contributed by atoms with Crippen molar-refractivity contribution in [2.24, 2.45) is 5.73 Å². The zero-order valence-corrected chi connectivity index (χ0v) is 14.1. The molecule has 0 aliphatic carbocycles. The lowest BCUT2D eigenvalue weighted by atomic mass is 10.1. The van der Waals surface area contributed by atoms with Gasteiger partial charge in [-0.3, -0.25) is 0 Å². The Morgan fingerprint density at radius 3 is 2.80 bits per heavy atom. The molecule has 3 nitrogen and oxygen atoms in total. The lowest BCUT2D eigenvalue weighted by Gasteiger charge is -2.21. The zero-order chi connectivity index (χ0) is 14.8. The van der Waals surface area contributed by atoms with Crippen LogP contribution in [0.2, 0.25) is 0 Å². The minimum Gasteiger partial charge on any atom is -0.490 e. The summed E-state index contributed by atoms with van der Waals surface area (Å²) in [5.41, 5.74) is 7.98. The van der Waals surface area contributed by atoms with Crippen LogP contribution in [0.3, 0.4) is 0 Å². The molecule has 2 N–H and O–H groups in total. The Labute approximate surface area is 130 Å². The Bertz CT molecular complexity index is 474. The Kier molecular flexibility index (Phi) is 5.10.